The number of nitrogens with zero attached hydrogens (tertiary/aromatic N) is 2. The van der Waals surface area contributed by atoms with Crippen LogP contribution in [0.5, 0.6) is 17.2 Å². The second-order valence-electron chi connectivity index (χ2n) is 7.50. The third-order valence-corrected chi connectivity index (χ3v) is 5.11. The normalized spacial score (nSPS) is 10.5. The molecule has 8 nitrogen and oxygen atoms in total. The van der Waals surface area contributed by atoms with Gasteiger partial charge in [0.25, 0.3) is 5.91 Å². The van der Waals surface area contributed by atoms with E-state index in [1.54, 1.807) is 24.3 Å². The molecule has 1 heterocycles. The third-order valence-electron chi connectivity index (χ3n) is 5.11. The lowest BCUT2D eigenvalue weighted by atomic mass is 10.2. The van der Waals surface area contributed by atoms with Gasteiger partial charge in [0.1, 0.15) is 23.1 Å². The van der Waals surface area contributed by atoms with E-state index < -0.39 is 0 Å². The van der Waals surface area contributed by atoms with Crippen LogP contribution in [0.25, 0.3) is 0 Å². The third kappa shape index (κ3) is 5.73. The van der Waals surface area contributed by atoms with E-state index in [1.807, 2.05) is 68.4 Å². The number of nitrogens with one attached hydrogen (secondary N) is 2. The molecule has 4 aromatic rings. The number of methoxy groups -OCH3 is 1. The SMILES string of the molecule is CCOc1ccc(Nc2cc(Nc3ccc(OCC)cc3)n(C(=O)c3ccccc3OC)n2)cc1. The Hall–Kier alpha value is -4.46. The number of hydrogen-bond acceptors (Lipinski definition) is 7. The minimum absolute atomic E-state index is 0.323. The number of ether oxygens (including phenoxy) is 3. The highest BCUT2D eigenvalue weighted by Gasteiger charge is 2.20. The molecule has 0 unspecified atom stereocenters. The minimum Gasteiger partial charge on any atom is -0.496 e. The van der Waals surface area contributed by atoms with E-state index in [-0.39, 0.29) is 5.91 Å². The first-order chi connectivity index (χ1) is 17.1. The quantitative estimate of drug-likeness (QED) is 0.299. The van der Waals surface area contributed by atoms with E-state index in [2.05, 4.69) is 15.7 Å². The van der Waals surface area contributed by atoms with Gasteiger partial charge in [-0.05, 0) is 74.5 Å². The van der Waals surface area contributed by atoms with Gasteiger partial charge < -0.3 is 24.8 Å². The monoisotopic (exact) mass is 472 g/mol. The zero-order valence-corrected chi connectivity index (χ0v) is 19.9. The van der Waals surface area contributed by atoms with E-state index in [0.717, 1.165) is 22.9 Å². The standard InChI is InChI=1S/C27H28N4O4/c1-4-34-21-14-10-19(11-15-21)28-25-18-26(29-20-12-16-22(17-13-20)35-5-2)31(30-25)27(32)23-8-6-7-9-24(23)33-3/h6-18,29H,4-5H2,1-3H3,(H,28,30). The lowest BCUT2D eigenvalue weighted by Crippen LogP contribution is -2.17. The molecule has 0 atom stereocenters. The van der Waals surface area contributed by atoms with Crippen LogP contribution in [0.2, 0.25) is 0 Å². The van der Waals surface area contributed by atoms with E-state index >= 15 is 0 Å². The van der Waals surface area contributed by atoms with Crippen molar-refractivity contribution in [2.75, 3.05) is 31.0 Å². The highest BCUT2D eigenvalue weighted by Crippen LogP contribution is 2.27. The van der Waals surface area contributed by atoms with Gasteiger partial charge in [0.15, 0.2) is 5.82 Å². The molecule has 180 valence electrons. The van der Waals surface area contributed by atoms with Crippen molar-refractivity contribution in [1.82, 2.24) is 9.78 Å². The van der Waals surface area contributed by atoms with Gasteiger partial charge in [-0.1, -0.05) is 12.1 Å². The van der Waals surface area contributed by atoms with Crippen molar-refractivity contribution in [3.8, 4) is 17.2 Å². The van der Waals surface area contributed by atoms with Gasteiger partial charge in [0.05, 0.1) is 25.9 Å². The molecule has 0 amide bonds. The Balaban J connectivity index is 1.65. The summed E-state index contributed by atoms with van der Waals surface area (Å²) in [5.74, 6) is 2.71. The number of carbonyl (C=O) groups excluding carboxylic acids is 1. The van der Waals surface area contributed by atoms with Crippen molar-refractivity contribution >= 4 is 28.9 Å². The Morgan fingerprint density at radius 3 is 1.97 bits per heavy atom. The molecule has 0 saturated heterocycles. The first kappa shape index (κ1) is 23.7. The Morgan fingerprint density at radius 1 is 0.829 bits per heavy atom. The molecule has 0 saturated carbocycles. The number of benzene rings is 3. The molecule has 0 fully saturated rings. The highest BCUT2D eigenvalue weighted by molar-refractivity contribution is 6.00. The number of para-hydroxylation sites is 1. The molecule has 35 heavy (non-hydrogen) atoms. The van der Waals surface area contributed by atoms with Gasteiger partial charge in [0.2, 0.25) is 0 Å². The molecule has 1 aromatic heterocycles. The van der Waals surface area contributed by atoms with Crippen LogP contribution in [0, 0.1) is 0 Å². The van der Waals surface area contributed by atoms with E-state index in [0.29, 0.717) is 36.2 Å². The van der Waals surface area contributed by atoms with Crippen LogP contribution in [0.4, 0.5) is 23.0 Å². The average Bonchev–Trinajstić information content (AvgIpc) is 3.28. The number of hydrogen-bond donors (Lipinski definition) is 2. The Bertz CT molecular complexity index is 1270. The number of aromatic nitrogens is 2. The molecule has 3 aromatic carbocycles. The van der Waals surface area contributed by atoms with Crippen molar-refractivity contribution in [3.63, 3.8) is 0 Å². The Labute approximate surface area is 204 Å². The summed E-state index contributed by atoms with van der Waals surface area (Å²) in [4.78, 5) is 13.5. The average molecular weight is 473 g/mol. The van der Waals surface area contributed by atoms with Gasteiger partial charge in [-0.2, -0.15) is 4.68 Å². The van der Waals surface area contributed by atoms with Crippen LogP contribution in [0.3, 0.4) is 0 Å². The number of anilines is 4. The van der Waals surface area contributed by atoms with Crippen LogP contribution < -0.4 is 24.8 Å². The summed E-state index contributed by atoms with van der Waals surface area (Å²) < 4.78 is 17.7. The fourth-order valence-electron chi connectivity index (χ4n) is 3.52. The lowest BCUT2D eigenvalue weighted by Gasteiger charge is -2.11. The van der Waals surface area contributed by atoms with Gasteiger partial charge in [-0.25, -0.2) is 0 Å². The first-order valence-corrected chi connectivity index (χ1v) is 11.4. The van der Waals surface area contributed by atoms with Gasteiger partial charge in [-0.15, -0.1) is 5.10 Å². The smallest absolute Gasteiger partial charge is 0.283 e. The van der Waals surface area contributed by atoms with Crippen LogP contribution in [-0.4, -0.2) is 36.0 Å². The van der Waals surface area contributed by atoms with Gasteiger partial charge >= 0.3 is 0 Å². The minimum atomic E-state index is -0.323. The molecule has 0 radical (unpaired) electrons. The van der Waals surface area contributed by atoms with E-state index in [9.17, 15) is 4.79 Å². The predicted molar refractivity (Wildman–Crippen MR) is 137 cm³/mol. The van der Waals surface area contributed by atoms with Crippen LogP contribution in [-0.2, 0) is 0 Å². The summed E-state index contributed by atoms with van der Waals surface area (Å²) in [6.45, 7) is 5.07. The maximum atomic E-state index is 13.5. The summed E-state index contributed by atoms with van der Waals surface area (Å²) in [7, 11) is 1.53. The molecule has 8 heteroatoms. The molecular weight excluding hydrogens is 444 g/mol. The molecular formula is C27H28N4O4. The fraction of sp³-hybridized carbons (Fsp3) is 0.185. The molecule has 0 aliphatic heterocycles. The fourth-order valence-corrected chi connectivity index (χ4v) is 3.52. The maximum Gasteiger partial charge on any atom is 0.283 e. The number of carbonyl (C=O) groups is 1. The molecule has 0 spiro atoms. The second kappa shape index (κ2) is 11.1. The summed E-state index contributed by atoms with van der Waals surface area (Å²) in [6, 6.07) is 23.9. The van der Waals surface area contributed by atoms with E-state index in [4.69, 9.17) is 14.2 Å². The van der Waals surface area contributed by atoms with Gasteiger partial charge in [0, 0.05) is 17.4 Å². The van der Waals surface area contributed by atoms with Crippen molar-refractivity contribution < 1.29 is 19.0 Å². The zero-order valence-electron chi connectivity index (χ0n) is 19.9. The Kier molecular flexibility index (Phi) is 7.52. The Morgan fingerprint density at radius 2 is 1.40 bits per heavy atom. The summed E-state index contributed by atoms with van der Waals surface area (Å²) in [6.07, 6.45) is 0. The second-order valence-corrected chi connectivity index (χ2v) is 7.50. The lowest BCUT2D eigenvalue weighted by molar-refractivity contribution is 0.0945. The molecule has 0 bridgehead atoms. The van der Waals surface area contributed by atoms with E-state index in [1.165, 1.54) is 11.8 Å². The van der Waals surface area contributed by atoms with Crippen molar-refractivity contribution in [3.05, 3.63) is 84.4 Å². The van der Waals surface area contributed by atoms with Crippen molar-refractivity contribution in [1.29, 1.82) is 0 Å². The first-order valence-electron chi connectivity index (χ1n) is 11.4. The molecule has 0 aliphatic carbocycles. The van der Waals surface area contributed by atoms with Crippen LogP contribution in [0.1, 0.15) is 24.2 Å². The van der Waals surface area contributed by atoms with Crippen molar-refractivity contribution in [2.24, 2.45) is 0 Å². The van der Waals surface area contributed by atoms with Crippen molar-refractivity contribution in [2.45, 2.75) is 13.8 Å². The summed E-state index contributed by atoms with van der Waals surface area (Å²) in [5.41, 5.74) is 2.01. The molecule has 0 aliphatic rings. The van der Waals surface area contributed by atoms with Gasteiger partial charge in [-0.3, -0.25) is 4.79 Å². The summed E-state index contributed by atoms with van der Waals surface area (Å²) >= 11 is 0. The molecule has 4 rings (SSSR count). The maximum absolute atomic E-state index is 13.5. The zero-order chi connectivity index (χ0) is 24.6. The topological polar surface area (TPSA) is 86.6 Å². The largest absolute Gasteiger partial charge is 0.496 e. The highest BCUT2D eigenvalue weighted by atomic mass is 16.5. The van der Waals surface area contributed by atoms with Crippen LogP contribution >= 0.6 is 0 Å². The van der Waals surface area contributed by atoms with Crippen LogP contribution in [0.15, 0.2) is 78.9 Å². The summed E-state index contributed by atoms with van der Waals surface area (Å²) in [5, 5.41) is 11.1. The number of rotatable bonds is 10. The predicted octanol–water partition coefficient (Wildman–Crippen LogP) is 5.86. The molecule has 2 N–H and O–H groups in total.